The van der Waals surface area contributed by atoms with E-state index in [-0.39, 0.29) is 39.1 Å². The van der Waals surface area contributed by atoms with Crippen molar-refractivity contribution in [1.82, 2.24) is 10.2 Å². The normalized spacial score (nSPS) is 12.8. The maximum absolute atomic E-state index is 13.9. The summed E-state index contributed by atoms with van der Waals surface area (Å²) in [5, 5.41) is 3.37. The van der Waals surface area contributed by atoms with Crippen molar-refractivity contribution in [3.63, 3.8) is 0 Å². The summed E-state index contributed by atoms with van der Waals surface area (Å²) < 4.78 is 28.8. The van der Waals surface area contributed by atoms with Crippen molar-refractivity contribution in [2.75, 3.05) is 17.4 Å². The lowest BCUT2D eigenvalue weighted by Gasteiger charge is -2.32. The number of amides is 2. The quantitative estimate of drug-likeness (QED) is 0.280. The first-order chi connectivity index (χ1) is 18.9. The summed E-state index contributed by atoms with van der Waals surface area (Å²) >= 11 is 12.5. The predicted octanol–water partition coefficient (Wildman–Crippen LogP) is 5.87. The lowest BCUT2D eigenvalue weighted by molar-refractivity contribution is -0.139. The maximum Gasteiger partial charge on any atom is 0.264 e. The molecule has 0 aromatic heterocycles. The summed E-state index contributed by atoms with van der Waals surface area (Å²) in [5.41, 5.74) is 2.02. The van der Waals surface area contributed by atoms with Crippen molar-refractivity contribution >= 4 is 50.7 Å². The van der Waals surface area contributed by atoms with Gasteiger partial charge in [-0.3, -0.25) is 13.9 Å². The molecule has 2 amide bonds. The monoisotopic (exact) mass is 603 g/mol. The van der Waals surface area contributed by atoms with Crippen LogP contribution in [-0.2, 0) is 26.0 Å². The zero-order valence-electron chi connectivity index (χ0n) is 23.1. The summed E-state index contributed by atoms with van der Waals surface area (Å²) in [6, 6.07) is 19.4. The number of nitrogens with one attached hydrogen (secondary N) is 1. The summed E-state index contributed by atoms with van der Waals surface area (Å²) in [4.78, 5) is 28.5. The largest absolute Gasteiger partial charge is 0.352 e. The van der Waals surface area contributed by atoms with Gasteiger partial charge in [0, 0.05) is 22.6 Å². The highest BCUT2D eigenvalue weighted by molar-refractivity contribution is 7.92. The Labute approximate surface area is 247 Å². The van der Waals surface area contributed by atoms with E-state index in [2.05, 4.69) is 5.32 Å². The van der Waals surface area contributed by atoms with Crippen LogP contribution >= 0.6 is 23.2 Å². The molecule has 7 nitrogen and oxygen atoms in total. The first-order valence-corrected chi connectivity index (χ1v) is 15.3. The molecule has 0 aliphatic carbocycles. The van der Waals surface area contributed by atoms with Crippen LogP contribution in [0.2, 0.25) is 10.0 Å². The number of carbonyl (C=O) groups is 2. The van der Waals surface area contributed by atoms with Crippen molar-refractivity contribution in [2.24, 2.45) is 0 Å². The van der Waals surface area contributed by atoms with Crippen LogP contribution in [0.3, 0.4) is 0 Å². The van der Waals surface area contributed by atoms with E-state index in [0.717, 1.165) is 21.9 Å². The van der Waals surface area contributed by atoms with Crippen molar-refractivity contribution in [3.8, 4) is 0 Å². The van der Waals surface area contributed by atoms with Crippen LogP contribution in [0.5, 0.6) is 0 Å². The molecule has 10 heteroatoms. The van der Waals surface area contributed by atoms with E-state index in [1.165, 1.54) is 35.2 Å². The van der Waals surface area contributed by atoms with Crippen LogP contribution in [0.4, 0.5) is 5.69 Å². The first kappa shape index (κ1) is 31.5. The molecule has 3 aromatic carbocycles. The molecule has 0 spiro atoms. The van der Waals surface area contributed by atoms with Crippen LogP contribution in [0.15, 0.2) is 77.7 Å². The Hall–Kier alpha value is -3.07. The lowest BCUT2D eigenvalue weighted by atomic mass is 10.1. The highest BCUT2D eigenvalue weighted by atomic mass is 35.5. The molecule has 0 unspecified atom stereocenters. The number of anilines is 1. The molecule has 0 aliphatic rings. The van der Waals surface area contributed by atoms with E-state index in [9.17, 15) is 18.0 Å². The van der Waals surface area contributed by atoms with Gasteiger partial charge in [0.05, 0.1) is 10.6 Å². The number of halogens is 2. The van der Waals surface area contributed by atoms with Crippen molar-refractivity contribution in [3.05, 3.63) is 94.0 Å². The van der Waals surface area contributed by atoms with Crippen LogP contribution in [-0.4, -0.2) is 50.3 Å². The van der Waals surface area contributed by atoms with Gasteiger partial charge in [0.15, 0.2) is 0 Å². The summed E-state index contributed by atoms with van der Waals surface area (Å²) in [5.74, 6) is -0.843. The van der Waals surface area contributed by atoms with Gasteiger partial charge in [-0.15, -0.1) is 0 Å². The lowest BCUT2D eigenvalue weighted by Crippen LogP contribution is -2.53. The molecule has 0 heterocycles. The second-order valence-electron chi connectivity index (χ2n) is 9.77. The predicted molar refractivity (Wildman–Crippen MR) is 161 cm³/mol. The van der Waals surface area contributed by atoms with E-state index in [4.69, 9.17) is 23.2 Å². The number of aryl methyl sites for hydroxylation is 1. The highest BCUT2D eigenvalue weighted by Gasteiger charge is 2.32. The minimum atomic E-state index is -4.20. The standard InChI is InChI=1S/C30H35Cl2N3O4S/c1-5-22(3)33-30(37)23(4)34(16-15-24-9-7-6-8-10-24)29(36)20-35(27-18-25(31)17-26(32)19-27)40(38,39)28-13-11-21(2)12-14-28/h6-14,17-19,22-23H,5,15-16,20H2,1-4H3,(H,33,37)/t22-,23+/m0/s1. The van der Waals surface area contributed by atoms with E-state index < -0.39 is 28.5 Å². The molecule has 0 saturated heterocycles. The Bertz CT molecular complexity index is 1400. The van der Waals surface area contributed by atoms with Crippen LogP contribution in [0, 0.1) is 6.92 Å². The fourth-order valence-corrected chi connectivity index (χ4v) is 6.00. The number of hydrogen-bond acceptors (Lipinski definition) is 4. The van der Waals surface area contributed by atoms with Crippen LogP contribution in [0.25, 0.3) is 0 Å². The average Bonchev–Trinajstić information content (AvgIpc) is 2.91. The molecule has 0 aliphatic heterocycles. The van der Waals surface area contributed by atoms with Crippen molar-refractivity contribution in [2.45, 2.75) is 57.5 Å². The smallest absolute Gasteiger partial charge is 0.264 e. The van der Waals surface area contributed by atoms with Gasteiger partial charge >= 0.3 is 0 Å². The molecule has 0 fully saturated rings. The Morgan fingerprint density at radius 3 is 2.10 bits per heavy atom. The van der Waals surface area contributed by atoms with Gasteiger partial charge in [-0.2, -0.15) is 0 Å². The van der Waals surface area contributed by atoms with Gasteiger partial charge < -0.3 is 10.2 Å². The summed E-state index contributed by atoms with van der Waals surface area (Å²) in [7, 11) is -4.20. The third-order valence-electron chi connectivity index (χ3n) is 6.68. The van der Waals surface area contributed by atoms with Gasteiger partial charge in [-0.25, -0.2) is 8.42 Å². The van der Waals surface area contributed by atoms with Gasteiger partial charge in [0.25, 0.3) is 10.0 Å². The topological polar surface area (TPSA) is 86.8 Å². The van der Waals surface area contributed by atoms with Crippen LogP contribution in [0.1, 0.15) is 38.3 Å². The zero-order chi connectivity index (χ0) is 29.4. The second kappa shape index (κ2) is 14.0. The number of nitrogens with zero attached hydrogens (tertiary/aromatic N) is 2. The third kappa shape index (κ3) is 8.22. The SMILES string of the molecule is CC[C@H](C)NC(=O)[C@@H](C)N(CCc1ccccc1)C(=O)CN(c1cc(Cl)cc(Cl)c1)S(=O)(=O)c1ccc(C)cc1. The van der Waals surface area contributed by atoms with E-state index in [0.29, 0.717) is 6.42 Å². The Balaban J connectivity index is 2.01. The van der Waals surface area contributed by atoms with Crippen molar-refractivity contribution in [1.29, 1.82) is 0 Å². The Morgan fingerprint density at radius 1 is 0.925 bits per heavy atom. The molecule has 214 valence electrons. The number of rotatable bonds is 12. The van der Waals surface area contributed by atoms with Gasteiger partial charge in [-0.05, 0) is 69.5 Å². The molecule has 2 atom stereocenters. The first-order valence-electron chi connectivity index (χ1n) is 13.1. The number of carbonyl (C=O) groups excluding carboxylic acids is 2. The molecule has 3 rings (SSSR count). The molecular formula is C30H35Cl2N3O4S. The molecule has 0 radical (unpaired) electrons. The fraction of sp³-hybridized carbons (Fsp3) is 0.333. The third-order valence-corrected chi connectivity index (χ3v) is 8.90. The van der Waals surface area contributed by atoms with E-state index in [1.54, 1.807) is 19.1 Å². The molecule has 3 aromatic rings. The minimum Gasteiger partial charge on any atom is -0.352 e. The highest BCUT2D eigenvalue weighted by Crippen LogP contribution is 2.30. The van der Waals surface area contributed by atoms with Gasteiger partial charge in [0.2, 0.25) is 11.8 Å². The molecular weight excluding hydrogens is 569 g/mol. The molecule has 0 saturated carbocycles. The maximum atomic E-state index is 13.9. The molecule has 0 bridgehead atoms. The number of benzene rings is 3. The Morgan fingerprint density at radius 2 is 1.52 bits per heavy atom. The van der Waals surface area contributed by atoms with Gasteiger partial charge in [-0.1, -0.05) is 78.2 Å². The van der Waals surface area contributed by atoms with Crippen LogP contribution < -0.4 is 9.62 Å². The summed E-state index contributed by atoms with van der Waals surface area (Å²) in [6.45, 7) is 7.01. The molecule has 40 heavy (non-hydrogen) atoms. The summed E-state index contributed by atoms with van der Waals surface area (Å²) in [6.07, 6.45) is 1.22. The minimum absolute atomic E-state index is 0.0143. The van der Waals surface area contributed by atoms with Crippen molar-refractivity contribution < 1.29 is 18.0 Å². The second-order valence-corrected chi connectivity index (χ2v) is 12.5. The van der Waals surface area contributed by atoms with E-state index in [1.807, 2.05) is 51.1 Å². The average molecular weight is 605 g/mol. The van der Waals surface area contributed by atoms with E-state index >= 15 is 0 Å². The molecule has 1 N–H and O–H groups in total. The fourth-order valence-electron chi connectivity index (χ4n) is 4.09. The number of sulfonamides is 1. The Kier molecular flexibility index (Phi) is 11.0. The zero-order valence-corrected chi connectivity index (χ0v) is 25.4. The number of hydrogen-bond donors (Lipinski definition) is 1. The van der Waals surface area contributed by atoms with Gasteiger partial charge in [0.1, 0.15) is 12.6 Å².